The average molecular weight is 431 g/mol. The van der Waals surface area contributed by atoms with E-state index in [9.17, 15) is 0 Å². The maximum atomic E-state index is 5.94. The monoisotopic (exact) mass is 431 g/mol. The highest BCUT2D eigenvalue weighted by atomic mass is 127. The molecule has 0 bridgehead atoms. The van der Waals surface area contributed by atoms with Crippen molar-refractivity contribution in [2.24, 2.45) is 0 Å². The third-order valence-electron chi connectivity index (χ3n) is 3.49. The van der Waals surface area contributed by atoms with Gasteiger partial charge in [0.25, 0.3) is 0 Å². The van der Waals surface area contributed by atoms with Crippen LogP contribution in [0.1, 0.15) is 16.8 Å². The predicted molar refractivity (Wildman–Crippen MR) is 103 cm³/mol. The van der Waals surface area contributed by atoms with Crippen LogP contribution in [0.2, 0.25) is 0 Å². The summed E-state index contributed by atoms with van der Waals surface area (Å²) in [4.78, 5) is 4.55. The van der Waals surface area contributed by atoms with Crippen LogP contribution in [0.15, 0.2) is 72.8 Å². The van der Waals surface area contributed by atoms with Crippen LogP contribution < -0.4 is 4.74 Å². The number of rotatable bonds is 7. The number of aromatic nitrogens is 1. The molecule has 3 rings (SSSR count). The zero-order valence-electron chi connectivity index (χ0n) is 13.2. The van der Waals surface area contributed by atoms with Crippen molar-refractivity contribution in [1.82, 2.24) is 4.98 Å². The number of nitrogens with zero attached hydrogens (tertiary/aromatic N) is 1. The number of pyridine rings is 1. The summed E-state index contributed by atoms with van der Waals surface area (Å²) in [6, 6.07) is 24.1. The lowest BCUT2D eigenvalue weighted by molar-refractivity contribution is 0.101. The Labute approximate surface area is 155 Å². The summed E-state index contributed by atoms with van der Waals surface area (Å²) in [5.74, 6) is 0.771. The molecule has 0 fully saturated rings. The summed E-state index contributed by atoms with van der Waals surface area (Å²) < 4.78 is 12.7. The van der Waals surface area contributed by atoms with E-state index in [0.29, 0.717) is 19.8 Å². The van der Waals surface area contributed by atoms with Gasteiger partial charge in [-0.25, -0.2) is 4.98 Å². The zero-order valence-corrected chi connectivity index (χ0v) is 15.3. The number of hydrogen-bond donors (Lipinski definition) is 0. The smallest absolute Gasteiger partial charge is 0.143 e. The molecule has 4 heteroatoms. The van der Waals surface area contributed by atoms with E-state index in [1.807, 2.05) is 60.7 Å². The molecule has 0 amide bonds. The molecule has 0 saturated carbocycles. The lowest BCUT2D eigenvalue weighted by Crippen LogP contribution is -2.03. The lowest BCUT2D eigenvalue weighted by atomic mass is 10.2. The summed E-state index contributed by atoms with van der Waals surface area (Å²) in [5, 5.41) is 0. The predicted octanol–water partition coefficient (Wildman–Crippen LogP) is 4.98. The average Bonchev–Trinajstić information content (AvgIpc) is 2.63. The van der Waals surface area contributed by atoms with E-state index in [1.54, 1.807) is 0 Å². The van der Waals surface area contributed by atoms with Gasteiger partial charge in [0.05, 0.1) is 13.2 Å². The largest absolute Gasteiger partial charge is 0.487 e. The molecule has 3 aromatic rings. The van der Waals surface area contributed by atoms with E-state index in [4.69, 9.17) is 9.47 Å². The molecule has 0 unspecified atom stereocenters. The first-order chi connectivity index (χ1) is 11.8. The van der Waals surface area contributed by atoms with Crippen LogP contribution >= 0.6 is 22.6 Å². The summed E-state index contributed by atoms with van der Waals surface area (Å²) in [7, 11) is 0. The van der Waals surface area contributed by atoms with Gasteiger partial charge in [0.1, 0.15) is 21.8 Å². The van der Waals surface area contributed by atoms with Crippen molar-refractivity contribution in [3.63, 3.8) is 0 Å². The van der Waals surface area contributed by atoms with Crippen LogP contribution in [0.4, 0.5) is 0 Å². The van der Waals surface area contributed by atoms with Gasteiger partial charge in [0.15, 0.2) is 0 Å². The minimum atomic E-state index is 0.426. The fourth-order valence-electron chi connectivity index (χ4n) is 2.27. The third kappa shape index (κ3) is 5.04. The van der Waals surface area contributed by atoms with Crippen molar-refractivity contribution in [2.45, 2.75) is 19.8 Å². The van der Waals surface area contributed by atoms with E-state index < -0.39 is 0 Å². The van der Waals surface area contributed by atoms with Gasteiger partial charge in [0, 0.05) is 0 Å². The number of benzene rings is 2. The molecule has 0 aliphatic rings. The topological polar surface area (TPSA) is 31.4 Å². The van der Waals surface area contributed by atoms with Gasteiger partial charge >= 0.3 is 0 Å². The van der Waals surface area contributed by atoms with Gasteiger partial charge in [-0.15, -0.1) is 0 Å². The van der Waals surface area contributed by atoms with Crippen LogP contribution in [0.3, 0.4) is 0 Å². The molecule has 2 aromatic carbocycles. The number of hydrogen-bond acceptors (Lipinski definition) is 3. The second-order valence-corrected chi connectivity index (χ2v) is 6.44. The van der Waals surface area contributed by atoms with Crippen LogP contribution in [0.25, 0.3) is 0 Å². The number of ether oxygens (including phenoxy) is 2. The molecule has 24 heavy (non-hydrogen) atoms. The Hall–Kier alpha value is -1.92. The quantitative estimate of drug-likeness (QED) is 0.391. The van der Waals surface area contributed by atoms with Gasteiger partial charge in [-0.1, -0.05) is 60.7 Å². The first-order valence-corrected chi connectivity index (χ1v) is 8.83. The molecule has 0 saturated heterocycles. The highest BCUT2D eigenvalue weighted by Gasteiger charge is 2.08. The van der Waals surface area contributed by atoms with Crippen LogP contribution in [-0.2, 0) is 24.6 Å². The highest BCUT2D eigenvalue weighted by molar-refractivity contribution is 14.1. The first kappa shape index (κ1) is 16.9. The van der Waals surface area contributed by atoms with Crippen molar-refractivity contribution < 1.29 is 9.47 Å². The molecule has 122 valence electrons. The molecule has 0 atom stereocenters. The van der Waals surface area contributed by atoms with Crippen molar-refractivity contribution in [1.29, 1.82) is 0 Å². The van der Waals surface area contributed by atoms with E-state index in [2.05, 4.69) is 39.7 Å². The Bertz CT molecular complexity index is 763. The normalized spacial score (nSPS) is 10.5. The van der Waals surface area contributed by atoms with Crippen molar-refractivity contribution in [3.05, 3.63) is 93.3 Å². The van der Waals surface area contributed by atoms with Crippen LogP contribution in [0, 0.1) is 3.70 Å². The third-order valence-corrected chi connectivity index (χ3v) is 4.09. The van der Waals surface area contributed by atoms with Gasteiger partial charge in [-0.05, 0) is 45.9 Å². The van der Waals surface area contributed by atoms with E-state index in [1.165, 1.54) is 0 Å². The van der Waals surface area contributed by atoms with Crippen molar-refractivity contribution in [2.75, 3.05) is 0 Å². The molecule has 0 aliphatic carbocycles. The van der Waals surface area contributed by atoms with Gasteiger partial charge in [-0.2, -0.15) is 0 Å². The fourth-order valence-corrected chi connectivity index (χ4v) is 2.74. The second-order valence-electron chi connectivity index (χ2n) is 5.33. The standard InChI is InChI=1S/C20H18INO2/c21-20-12-11-19(24-14-17-9-5-2-6-10-17)18(22-20)15-23-13-16-7-3-1-4-8-16/h1-12H,13-15H2. The minimum Gasteiger partial charge on any atom is -0.487 e. The maximum absolute atomic E-state index is 5.94. The molecular weight excluding hydrogens is 413 g/mol. The maximum Gasteiger partial charge on any atom is 0.143 e. The molecule has 1 heterocycles. The Kier molecular flexibility index (Phi) is 6.20. The summed E-state index contributed by atoms with van der Waals surface area (Å²) >= 11 is 2.20. The first-order valence-electron chi connectivity index (χ1n) is 7.75. The Morgan fingerprint density at radius 2 is 1.33 bits per heavy atom. The van der Waals surface area contributed by atoms with E-state index in [0.717, 1.165) is 26.3 Å². The van der Waals surface area contributed by atoms with E-state index >= 15 is 0 Å². The van der Waals surface area contributed by atoms with Crippen molar-refractivity contribution in [3.8, 4) is 5.75 Å². The lowest BCUT2D eigenvalue weighted by Gasteiger charge is -2.12. The Morgan fingerprint density at radius 1 is 0.708 bits per heavy atom. The Balaban J connectivity index is 1.62. The number of halogens is 1. The van der Waals surface area contributed by atoms with Gasteiger partial charge < -0.3 is 9.47 Å². The van der Waals surface area contributed by atoms with Gasteiger partial charge in [-0.3, -0.25) is 0 Å². The Morgan fingerprint density at radius 3 is 2.00 bits per heavy atom. The molecule has 0 aliphatic heterocycles. The molecule has 1 aromatic heterocycles. The van der Waals surface area contributed by atoms with Crippen LogP contribution in [-0.4, -0.2) is 4.98 Å². The molecule has 0 radical (unpaired) electrons. The zero-order chi connectivity index (χ0) is 16.6. The molecular formula is C20H18INO2. The van der Waals surface area contributed by atoms with E-state index in [-0.39, 0.29) is 0 Å². The van der Waals surface area contributed by atoms with Crippen molar-refractivity contribution >= 4 is 22.6 Å². The minimum absolute atomic E-state index is 0.426. The SMILES string of the molecule is Ic1ccc(OCc2ccccc2)c(COCc2ccccc2)n1. The summed E-state index contributed by atoms with van der Waals surface area (Å²) in [6.45, 7) is 1.51. The highest BCUT2D eigenvalue weighted by Crippen LogP contribution is 2.21. The van der Waals surface area contributed by atoms with Crippen LogP contribution in [0.5, 0.6) is 5.75 Å². The summed E-state index contributed by atoms with van der Waals surface area (Å²) in [6.07, 6.45) is 0. The fraction of sp³-hybridized carbons (Fsp3) is 0.150. The van der Waals surface area contributed by atoms with Gasteiger partial charge in [0.2, 0.25) is 0 Å². The molecule has 0 N–H and O–H groups in total. The second kappa shape index (κ2) is 8.80. The molecule has 0 spiro atoms. The molecule has 3 nitrogen and oxygen atoms in total. The summed E-state index contributed by atoms with van der Waals surface area (Å²) in [5.41, 5.74) is 3.11.